The van der Waals surface area contributed by atoms with E-state index in [9.17, 15) is 22.4 Å². The smallest absolute Gasteiger partial charge is 0.278 e. The lowest BCUT2D eigenvalue weighted by Crippen LogP contribution is -2.35. The van der Waals surface area contributed by atoms with Crippen LogP contribution in [0.5, 0.6) is 0 Å². The molecule has 204 valence electrons. The Morgan fingerprint density at radius 2 is 1.41 bits per heavy atom. The summed E-state index contributed by atoms with van der Waals surface area (Å²) in [6.07, 6.45) is 0. The molecule has 39 heavy (non-hydrogen) atoms. The molecule has 2 amide bonds. The molecule has 1 aliphatic heterocycles. The zero-order valence-electron chi connectivity index (χ0n) is 22.1. The topological polar surface area (TPSA) is 95.6 Å². The number of imide groups is 1. The third kappa shape index (κ3) is 6.69. The number of anilines is 2. The minimum Gasteiger partial charge on any atom is -0.350 e. The molecule has 3 aromatic rings. The van der Waals surface area contributed by atoms with E-state index in [4.69, 9.17) is 0 Å². The molecule has 10 heteroatoms. The second-order valence-corrected chi connectivity index (χ2v) is 12.7. The van der Waals surface area contributed by atoms with Crippen molar-refractivity contribution in [3.05, 3.63) is 94.8 Å². The molecule has 0 spiro atoms. The van der Waals surface area contributed by atoms with Crippen LogP contribution in [0, 0.1) is 11.7 Å². The molecule has 0 radical (unpaired) electrons. The Kier molecular flexibility index (Phi) is 8.46. The van der Waals surface area contributed by atoms with Gasteiger partial charge in [0.05, 0.1) is 4.90 Å². The van der Waals surface area contributed by atoms with E-state index in [0.29, 0.717) is 28.7 Å². The van der Waals surface area contributed by atoms with Crippen molar-refractivity contribution in [1.82, 2.24) is 4.90 Å². The number of carbonyl (C=O) groups is 2. The van der Waals surface area contributed by atoms with Crippen molar-refractivity contribution in [2.24, 2.45) is 5.92 Å². The average molecular weight is 568 g/mol. The monoisotopic (exact) mass is 567 g/mol. The molecular formula is C29H30FN3O4S2. The summed E-state index contributed by atoms with van der Waals surface area (Å²) in [7, 11) is -3.90. The molecule has 0 aliphatic carbocycles. The minimum absolute atomic E-state index is 0.0649. The van der Waals surface area contributed by atoms with Gasteiger partial charge in [0.25, 0.3) is 21.8 Å². The van der Waals surface area contributed by atoms with Gasteiger partial charge in [-0.25, -0.2) is 12.8 Å². The summed E-state index contributed by atoms with van der Waals surface area (Å²) in [5.74, 6) is -0.821. The second-order valence-electron chi connectivity index (χ2n) is 9.91. The lowest BCUT2D eigenvalue weighted by Gasteiger charge is -2.17. The van der Waals surface area contributed by atoms with Gasteiger partial charge in [-0.05, 0) is 78.1 Å². The molecule has 4 rings (SSSR count). The van der Waals surface area contributed by atoms with E-state index in [0.717, 1.165) is 29.5 Å². The van der Waals surface area contributed by atoms with Crippen molar-refractivity contribution in [2.45, 2.75) is 43.4 Å². The summed E-state index contributed by atoms with van der Waals surface area (Å²) in [6, 6.07) is 18.7. The van der Waals surface area contributed by atoms with Gasteiger partial charge < -0.3 is 5.32 Å². The maximum absolute atomic E-state index is 13.3. The molecule has 0 fully saturated rings. The van der Waals surface area contributed by atoms with Crippen molar-refractivity contribution in [3.8, 4) is 0 Å². The molecule has 3 aromatic carbocycles. The average Bonchev–Trinajstić information content (AvgIpc) is 3.09. The molecule has 0 saturated carbocycles. The van der Waals surface area contributed by atoms with Crippen LogP contribution in [0.1, 0.15) is 39.2 Å². The van der Waals surface area contributed by atoms with Gasteiger partial charge in [-0.3, -0.25) is 19.2 Å². The highest BCUT2D eigenvalue weighted by molar-refractivity contribution is 8.04. The maximum Gasteiger partial charge on any atom is 0.278 e. The third-order valence-corrected chi connectivity index (χ3v) is 8.46. The highest BCUT2D eigenvalue weighted by Gasteiger charge is 2.39. The normalized spacial score (nSPS) is 14.1. The molecule has 0 unspecified atom stereocenters. The number of carbonyl (C=O) groups excluding carboxylic acids is 2. The summed E-state index contributed by atoms with van der Waals surface area (Å²) in [5.41, 5.74) is 2.38. The van der Waals surface area contributed by atoms with Crippen LogP contribution in [-0.2, 0) is 19.6 Å². The van der Waals surface area contributed by atoms with Gasteiger partial charge >= 0.3 is 0 Å². The Morgan fingerprint density at radius 1 is 0.821 bits per heavy atom. The van der Waals surface area contributed by atoms with Crippen LogP contribution in [0.25, 0.3) is 0 Å². The first kappa shape index (κ1) is 28.4. The van der Waals surface area contributed by atoms with Crippen LogP contribution in [0.2, 0.25) is 0 Å². The summed E-state index contributed by atoms with van der Waals surface area (Å²) in [4.78, 5) is 28.7. The Hall–Kier alpha value is -3.63. The maximum atomic E-state index is 13.3. The van der Waals surface area contributed by atoms with Crippen molar-refractivity contribution in [2.75, 3.05) is 16.6 Å². The van der Waals surface area contributed by atoms with Crippen molar-refractivity contribution < 1.29 is 22.4 Å². The Labute approximate surface area is 232 Å². The summed E-state index contributed by atoms with van der Waals surface area (Å²) in [5, 5.41) is 3.15. The first-order valence-corrected chi connectivity index (χ1v) is 14.8. The molecule has 1 aliphatic rings. The van der Waals surface area contributed by atoms with E-state index in [1.54, 1.807) is 24.3 Å². The van der Waals surface area contributed by atoms with Crippen LogP contribution in [0.3, 0.4) is 0 Å². The van der Waals surface area contributed by atoms with E-state index in [-0.39, 0.29) is 33.2 Å². The highest BCUT2D eigenvalue weighted by Crippen LogP contribution is 2.37. The first-order chi connectivity index (χ1) is 18.4. The minimum atomic E-state index is -3.90. The summed E-state index contributed by atoms with van der Waals surface area (Å²) in [6.45, 7) is 8.37. The largest absolute Gasteiger partial charge is 0.350 e. The molecule has 0 bridgehead atoms. The number of nitrogens with one attached hydrogen (secondary N) is 2. The van der Waals surface area contributed by atoms with Crippen molar-refractivity contribution in [3.63, 3.8) is 0 Å². The zero-order chi connectivity index (χ0) is 28.3. The number of hydrogen-bond donors (Lipinski definition) is 2. The molecular weight excluding hydrogens is 537 g/mol. The van der Waals surface area contributed by atoms with Gasteiger partial charge in [-0.15, -0.1) is 0 Å². The number of rotatable bonds is 10. The van der Waals surface area contributed by atoms with Gasteiger partial charge in [0.15, 0.2) is 0 Å². The number of hydrogen-bond acceptors (Lipinski definition) is 6. The van der Waals surface area contributed by atoms with E-state index in [2.05, 4.69) is 23.9 Å². The first-order valence-electron chi connectivity index (χ1n) is 12.5. The molecule has 1 heterocycles. The number of benzene rings is 3. The van der Waals surface area contributed by atoms with Gasteiger partial charge in [0.2, 0.25) is 0 Å². The van der Waals surface area contributed by atoms with Crippen LogP contribution in [-0.4, -0.2) is 31.7 Å². The van der Waals surface area contributed by atoms with Gasteiger partial charge in [0, 0.05) is 22.8 Å². The predicted molar refractivity (Wildman–Crippen MR) is 152 cm³/mol. The van der Waals surface area contributed by atoms with Crippen LogP contribution in [0.4, 0.5) is 15.8 Å². The van der Waals surface area contributed by atoms with E-state index >= 15 is 0 Å². The lowest BCUT2D eigenvalue weighted by atomic mass is 10.0. The number of halogens is 1. The Morgan fingerprint density at radius 3 is 1.97 bits per heavy atom. The van der Waals surface area contributed by atoms with Crippen molar-refractivity contribution >= 4 is 45.0 Å². The van der Waals surface area contributed by atoms with Gasteiger partial charge in [-0.1, -0.05) is 51.6 Å². The predicted octanol–water partition coefficient (Wildman–Crippen LogP) is 6.19. The second kappa shape index (κ2) is 11.6. The molecule has 2 N–H and O–H groups in total. The van der Waals surface area contributed by atoms with Crippen LogP contribution in [0.15, 0.2) is 93.2 Å². The molecule has 0 aromatic heterocycles. The van der Waals surface area contributed by atoms with Crippen molar-refractivity contribution in [1.29, 1.82) is 0 Å². The highest BCUT2D eigenvalue weighted by atomic mass is 32.2. The van der Waals surface area contributed by atoms with E-state index < -0.39 is 15.8 Å². The fourth-order valence-corrected chi connectivity index (χ4v) is 5.93. The zero-order valence-corrected chi connectivity index (χ0v) is 23.7. The van der Waals surface area contributed by atoms with Crippen LogP contribution < -0.4 is 10.0 Å². The summed E-state index contributed by atoms with van der Waals surface area (Å²) < 4.78 is 40.9. The fourth-order valence-electron chi connectivity index (χ4n) is 3.92. The quantitative estimate of drug-likeness (QED) is 0.284. The number of sulfonamides is 1. The Bertz CT molecular complexity index is 1500. The van der Waals surface area contributed by atoms with Gasteiger partial charge in [0.1, 0.15) is 16.4 Å². The SMILES string of the molecule is CC(C)CN1C(=O)C(Nc2ccc(C(C)C)cc2)=C(Sc2ccc(NS(=O)(=O)c3ccc(F)cc3)cc2)C1=O. The number of thioether (sulfide) groups is 1. The fraction of sp³-hybridized carbons (Fsp3) is 0.241. The summed E-state index contributed by atoms with van der Waals surface area (Å²) >= 11 is 1.14. The number of nitrogens with zero attached hydrogens (tertiary/aromatic N) is 1. The molecule has 0 saturated heterocycles. The Balaban J connectivity index is 1.57. The van der Waals surface area contributed by atoms with Crippen LogP contribution >= 0.6 is 11.8 Å². The molecule has 7 nitrogen and oxygen atoms in total. The van der Waals surface area contributed by atoms with E-state index in [1.165, 1.54) is 17.0 Å². The third-order valence-electron chi connectivity index (χ3n) is 5.97. The standard InChI is InChI=1S/C29H30FN3O4S2/c1-18(2)17-33-28(34)26(31-22-9-5-20(6-10-22)19(3)4)27(29(33)35)38-24-13-11-23(12-14-24)32-39(36,37)25-15-7-21(30)8-16-25/h5-16,18-19,31-32H,17H2,1-4H3. The number of amides is 2. The van der Waals surface area contributed by atoms with Gasteiger partial charge in [-0.2, -0.15) is 0 Å². The lowest BCUT2D eigenvalue weighted by molar-refractivity contribution is -0.137. The van der Waals surface area contributed by atoms with E-state index in [1.807, 2.05) is 38.1 Å². The molecule has 0 atom stereocenters.